The number of aryl methyl sites for hydroxylation is 1. The van der Waals surface area contributed by atoms with Crippen molar-refractivity contribution in [1.82, 2.24) is 9.97 Å². The molecule has 0 bridgehead atoms. The fraction of sp³-hybridized carbons (Fsp3) is 0.0909. The lowest BCUT2D eigenvalue weighted by molar-refractivity contribution is -0.118. The van der Waals surface area contributed by atoms with Gasteiger partial charge in [-0.2, -0.15) is 0 Å². The van der Waals surface area contributed by atoms with Gasteiger partial charge in [-0.3, -0.25) is 4.79 Å². The van der Waals surface area contributed by atoms with Gasteiger partial charge in [0.05, 0.1) is 11.0 Å². The van der Waals surface area contributed by atoms with Crippen molar-refractivity contribution >= 4 is 22.6 Å². The SMILES string of the molecule is Cc1ccc(OCC(=O)Nc2cccc(-c3nc4ccccc4[nH]3)c2)cc1. The fourth-order valence-corrected chi connectivity index (χ4v) is 2.81. The average molecular weight is 357 g/mol. The maximum atomic E-state index is 12.2. The molecule has 0 fully saturated rings. The van der Waals surface area contributed by atoms with Crippen LogP contribution in [0.1, 0.15) is 5.56 Å². The standard InChI is InChI=1S/C22H19N3O2/c1-15-9-11-18(12-10-15)27-14-21(26)23-17-6-4-5-16(13-17)22-24-19-7-2-3-8-20(19)25-22/h2-13H,14H2,1H3,(H,23,26)(H,24,25). The van der Waals surface area contributed by atoms with Gasteiger partial charge in [0.2, 0.25) is 0 Å². The van der Waals surface area contributed by atoms with Crippen molar-refractivity contribution in [2.45, 2.75) is 6.92 Å². The highest BCUT2D eigenvalue weighted by molar-refractivity contribution is 5.92. The van der Waals surface area contributed by atoms with Crippen LogP contribution < -0.4 is 10.1 Å². The molecule has 0 aliphatic carbocycles. The summed E-state index contributed by atoms with van der Waals surface area (Å²) in [6, 6.07) is 23.0. The van der Waals surface area contributed by atoms with E-state index in [1.165, 1.54) is 0 Å². The number of fused-ring (bicyclic) bond motifs is 1. The third-order valence-corrected chi connectivity index (χ3v) is 4.20. The van der Waals surface area contributed by atoms with Crippen LogP contribution in [0.4, 0.5) is 5.69 Å². The van der Waals surface area contributed by atoms with Crippen LogP contribution in [0.5, 0.6) is 5.75 Å². The number of anilines is 1. The number of carbonyl (C=O) groups excluding carboxylic acids is 1. The van der Waals surface area contributed by atoms with Crippen molar-refractivity contribution in [2.75, 3.05) is 11.9 Å². The van der Waals surface area contributed by atoms with Crippen LogP contribution in [-0.4, -0.2) is 22.5 Å². The minimum atomic E-state index is -0.211. The van der Waals surface area contributed by atoms with Crippen LogP contribution in [0.15, 0.2) is 72.8 Å². The van der Waals surface area contributed by atoms with E-state index in [-0.39, 0.29) is 12.5 Å². The summed E-state index contributed by atoms with van der Waals surface area (Å²) in [5, 5.41) is 2.86. The molecule has 0 spiro atoms. The number of benzene rings is 3. The highest BCUT2D eigenvalue weighted by Crippen LogP contribution is 2.23. The van der Waals surface area contributed by atoms with E-state index >= 15 is 0 Å². The second kappa shape index (κ2) is 7.33. The predicted molar refractivity (Wildman–Crippen MR) is 107 cm³/mol. The molecule has 0 radical (unpaired) electrons. The second-order valence-electron chi connectivity index (χ2n) is 6.33. The van der Waals surface area contributed by atoms with E-state index in [2.05, 4.69) is 15.3 Å². The normalized spacial score (nSPS) is 10.7. The van der Waals surface area contributed by atoms with Gasteiger partial charge in [0.1, 0.15) is 11.6 Å². The number of ether oxygens (including phenoxy) is 1. The summed E-state index contributed by atoms with van der Waals surface area (Å²) in [6.45, 7) is 1.96. The van der Waals surface area contributed by atoms with Crippen LogP contribution in [-0.2, 0) is 4.79 Å². The van der Waals surface area contributed by atoms with Crippen LogP contribution in [0.3, 0.4) is 0 Å². The molecule has 0 saturated carbocycles. The highest BCUT2D eigenvalue weighted by Gasteiger charge is 2.08. The predicted octanol–water partition coefficient (Wildman–Crippen LogP) is 4.56. The first kappa shape index (κ1) is 16.8. The molecule has 27 heavy (non-hydrogen) atoms. The fourth-order valence-electron chi connectivity index (χ4n) is 2.81. The van der Waals surface area contributed by atoms with E-state index in [1.807, 2.05) is 79.7 Å². The third-order valence-electron chi connectivity index (χ3n) is 4.20. The topological polar surface area (TPSA) is 67.0 Å². The molecule has 0 aliphatic heterocycles. The quantitative estimate of drug-likeness (QED) is 0.550. The van der Waals surface area contributed by atoms with Crippen LogP contribution in [0.2, 0.25) is 0 Å². The number of aromatic nitrogens is 2. The lowest BCUT2D eigenvalue weighted by Gasteiger charge is -2.08. The largest absolute Gasteiger partial charge is 0.484 e. The van der Waals surface area contributed by atoms with E-state index in [4.69, 9.17) is 4.74 Å². The Bertz CT molecular complexity index is 1050. The van der Waals surface area contributed by atoms with Crippen molar-refractivity contribution in [3.8, 4) is 17.1 Å². The van der Waals surface area contributed by atoms with E-state index in [1.54, 1.807) is 0 Å². The van der Waals surface area contributed by atoms with Gasteiger partial charge in [-0.1, -0.05) is 42.0 Å². The van der Waals surface area contributed by atoms with Gasteiger partial charge >= 0.3 is 0 Å². The number of nitrogens with one attached hydrogen (secondary N) is 2. The van der Waals surface area contributed by atoms with Crippen molar-refractivity contribution in [1.29, 1.82) is 0 Å². The van der Waals surface area contributed by atoms with Crippen molar-refractivity contribution in [2.24, 2.45) is 0 Å². The molecule has 2 N–H and O–H groups in total. The second-order valence-corrected chi connectivity index (χ2v) is 6.33. The Kier molecular flexibility index (Phi) is 4.58. The van der Waals surface area contributed by atoms with Crippen LogP contribution in [0, 0.1) is 6.92 Å². The summed E-state index contributed by atoms with van der Waals surface area (Å²) in [7, 11) is 0. The number of nitrogens with zero attached hydrogens (tertiary/aromatic N) is 1. The summed E-state index contributed by atoms with van der Waals surface area (Å²) in [5.41, 5.74) is 4.64. The Morgan fingerprint density at radius 3 is 2.67 bits per heavy atom. The Morgan fingerprint density at radius 1 is 1.04 bits per heavy atom. The number of amides is 1. The highest BCUT2D eigenvalue weighted by atomic mass is 16.5. The number of carbonyl (C=O) groups is 1. The van der Waals surface area contributed by atoms with E-state index in [0.29, 0.717) is 11.4 Å². The van der Waals surface area contributed by atoms with Gasteiger partial charge in [-0.05, 0) is 43.3 Å². The smallest absolute Gasteiger partial charge is 0.262 e. The molecule has 134 valence electrons. The summed E-state index contributed by atoms with van der Waals surface area (Å²) in [4.78, 5) is 20.1. The van der Waals surface area contributed by atoms with Gasteiger partial charge in [-0.25, -0.2) is 4.98 Å². The molecule has 1 amide bonds. The minimum Gasteiger partial charge on any atom is -0.484 e. The lowest BCUT2D eigenvalue weighted by atomic mass is 10.2. The van der Waals surface area contributed by atoms with Crippen molar-refractivity contribution < 1.29 is 9.53 Å². The van der Waals surface area contributed by atoms with E-state index < -0.39 is 0 Å². The molecule has 5 nitrogen and oxygen atoms in total. The summed E-state index contributed by atoms with van der Waals surface area (Å²) < 4.78 is 5.52. The first-order valence-corrected chi connectivity index (χ1v) is 8.72. The number of hydrogen-bond donors (Lipinski definition) is 2. The molecule has 4 rings (SSSR count). The summed E-state index contributed by atoms with van der Waals surface area (Å²) in [5.74, 6) is 1.23. The number of H-pyrrole nitrogens is 1. The molecular formula is C22H19N3O2. The average Bonchev–Trinajstić information content (AvgIpc) is 3.12. The molecule has 0 unspecified atom stereocenters. The molecule has 3 aromatic carbocycles. The van der Waals surface area contributed by atoms with E-state index in [0.717, 1.165) is 28.0 Å². The summed E-state index contributed by atoms with van der Waals surface area (Å²) in [6.07, 6.45) is 0. The zero-order valence-corrected chi connectivity index (χ0v) is 14.9. The van der Waals surface area contributed by atoms with Gasteiger partial charge in [-0.15, -0.1) is 0 Å². The molecule has 1 aromatic heterocycles. The van der Waals surface area contributed by atoms with Crippen molar-refractivity contribution in [3.63, 3.8) is 0 Å². The maximum Gasteiger partial charge on any atom is 0.262 e. The molecule has 1 heterocycles. The first-order chi connectivity index (χ1) is 13.2. The first-order valence-electron chi connectivity index (χ1n) is 8.72. The summed E-state index contributed by atoms with van der Waals surface area (Å²) >= 11 is 0. The third kappa shape index (κ3) is 3.98. The van der Waals surface area contributed by atoms with Gasteiger partial charge in [0, 0.05) is 11.3 Å². The van der Waals surface area contributed by atoms with Gasteiger partial charge in [0.25, 0.3) is 5.91 Å². The van der Waals surface area contributed by atoms with Crippen molar-refractivity contribution in [3.05, 3.63) is 78.4 Å². The number of para-hydroxylation sites is 2. The molecular weight excluding hydrogens is 338 g/mol. The maximum absolute atomic E-state index is 12.2. The Morgan fingerprint density at radius 2 is 1.85 bits per heavy atom. The Balaban J connectivity index is 1.44. The Hall–Kier alpha value is -3.60. The van der Waals surface area contributed by atoms with Gasteiger partial charge < -0.3 is 15.0 Å². The molecule has 5 heteroatoms. The number of aromatic amines is 1. The molecule has 0 saturated heterocycles. The van der Waals surface area contributed by atoms with Crippen LogP contribution in [0.25, 0.3) is 22.4 Å². The zero-order chi connectivity index (χ0) is 18.6. The lowest BCUT2D eigenvalue weighted by Crippen LogP contribution is -2.20. The molecule has 4 aromatic rings. The van der Waals surface area contributed by atoms with E-state index in [9.17, 15) is 4.79 Å². The number of imidazole rings is 1. The zero-order valence-electron chi connectivity index (χ0n) is 14.9. The molecule has 0 aliphatic rings. The number of rotatable bonds is 5. The minimum absolute atomic E-state index is 0.0437. The Labute approximate surface area is 157 Å². The van der Waals surface area contributed by atoms with Crippen LogP contribution >= 0.6 is 0 Å². The molecule has 0 atom stereocenters. The van der Waals surface area contributed by atoms with Gasteiger partial charge in [0.15, 0.2) is 6.61 Å². The number of hydrogen-bond acceptors (Lipinski definition) is 3. The monoisotopic (exact) mass is 357 g/mol.